The van der Waals surface area contributed by atoms with Crippen molar-refractivity contribution in [1.82, 2.24) is 14.9 Å². The summed E-state index contributed by atoms with van der Waals surface area (Å²) in [6.45, 7) is 2.81. The van der Waals surface area contributed by atoms with Crippen LogP contribution in [0.1, 0.15) is 24.0 Å². The lowest BCUT2D eigenvalue weighted by Gasteiger charge is -2.31. The Morgan fingerprint density at radius 3 is 2.70 bits per heavy atom. The molecule has 0 N–H and O–H groups in total. The van der Waals surface area contributed by atoms with Gasteiger partial charge in [0.1, 0.15) is 6.10 Å². The van der Waals surface area contributed by atoms with E-state index in [1.54, 1.807) is 12.4 Å². The van der Waals surface area contributed by atoms with Crippen LogP contribution >= 0.6 is 15.9 Å². The summed E-state index contributed by atoms with van der Waals surface area (Å²) in [7, 11) is 0. The average molecular weight is 373 g/mol. The molecule has 2 heterocycles. The minimum Gasteiger partial charge on any atom is -0.460 e. The van der Waals surface area contributed by atoms with Crippen LogP contribution in [0.25, 0.3) is 0 Å². The van der Waals surface area contributed by atoms with Gasteiger partial charge in [-0.25, -0.2) is 9.97 Å². The van der Waals surface area contributed by atoms with Gasteiger partial charge in [-0.2, -0.15) is 5.26 Å². The van der Waals surface area contributed by atoms with Crippen molar-refractivity contribution in [3.05, 3.63) is 52.3 Å². The van der Waals surface area contributed by atoms with E-state index in [4.69, 9.17) is 10.00 Å². The van der Waals surface area contributed by atoms with Crippen LogP contribution in [0.2, 0.25) is 0 Å². The Hall–Kier alpha value is -1.97. The van der Waals surface area contributed by atoms with E-state index in [0.717, 1.165) is 36.9 Å². The summed E-state index contributed by atoms with van der Waals surface area (Å²) in [5.41, 5.74) is 1.90. The van der Waals surface area contributed by atoms with Crippen molar-refractivity contribution in [3.8, 4) is 12.1 Å². The summed E-state index contributed by atoms with van der Waals surface area (Å²) in [4.78, 5) is 10.7. The number of hydrogen-bond donors (Lipinski definition) is 0. The second-order valence-corrected chi connectivity index (χ2v) is 6.51. The summed E-state index contributed by atoms with van der Waals surface area (Å²) in [5.74, 6) is 0. The van der Waals surface area contributed by atoms with Gasteiger partial charge in [0.05, 0.1) is 16.1 Å². The van der Waals surface area contributed by atoms with Crippen LogP contribution in [-0.4, -0.2) is 34.1 Å². The topological polar surface area (TPSA) is 62.0 Å². The van der Waals surface area contributed by atoms with E-state index in [-0.39, 0.29) is 6.10 Å². The van der Waals surface area contributed by atoms with E-state index >= 15 is 0 Å². The monoisotopic (exact) mass is 372 g/mol. The van der Waals surface area contributed by atoms with Crippen LogP contribution < -0.4 is 4.74 Å². The van der Waals surface area contributed by atoms with Crippen LogP contribution in [0.15, 0.2) is 41.1 Å². The van der Waals surface area contributed by atoms with Gasteiger partial charge in [0.2, 0.25) is 0 Å². The maximum Gasteiger partial charge on any atom is 0.316 e. The maximum atomic E-state index is 8.96. The number of nitriles is 1. The molecule has 5 nitrogen and oxygen atoms in total. The van der Waals surface area contributed by atoms with Gasteiger partial charge < -0.3 is 4.74 Å². The van der Waals surface area contributed by atoms with Crippen molar-refractivity contribution >= 4 is 15.9 Å². The van der Waals surface area contributed by atoms with Crippen LogP contribution in [0, 0.1) is 11.3 Å². The van der Waals surface area contributed by atoms with Gasteiger partial charge in [0, 0.05) is 32.0 Å². The van der Waals surface area contributed by atoms with Crippen LogP contribution in [0.3, 0.4) is 0 Å². The zero-order chi connectivity index (χ0) is 16.1. The Kier molecular flexibility index (Phi) is 5.21. The number of rotatable bonds is 4. The largest absolute Gasteiger partial charge is 0.460 e. The lowest BCUT2D eigenvalue weighted by atomic mass is 10.1. The van der Waals surface area contributed by atoms with E-state index in [0.29, 0.717) is 11.6 Å². The fraction of sp³-hybridized carbons (Fsp3) is 0.353. The summed E-state index contributed by atoms with van der Waals surface area (Å²) in [6.07, 6.45) is 5.46. The molecule has 1 aliphatic rings. The molecule has 1 saturated heterocycles. The number of likely N-dealkylation sites (tertiary alicyclic amines) is 1. The van der Waals surface area contributed by atoms with E-state index in [1.807, 2.05) is 18.2 Å². The molecule has 0 atom stereocenters. The molecule has 0 aliphatic carbocycles. The molecule has 0 spiro atoms. The highest BCUT2D eigenvalue weighted by atomic mass is 79.9. The van der Waals surface area contributed by atoms with Gasteiger partial charge in [0.25, 0.3) is 0 Å². The predicted octanol–water partition coefficient (Wildman–Crippen LogP) is 3.15. The molecule has 1 fully saturated rings. The third kappa shape index (κ3) is 4.50. The molecule has 0 amide bonds. The number of aromatic nitrogens is 2. The third-order valence-electron chi connectivity index (χ3n) is 3.87. The molecule has 0 saturated carbocycles. The molecule has 2 aromatic rings. The van der Waals surface area contributed by atoms with Crippen molar-refractivity contribution in [2.75, 3.05) is 13.1 Å². The van der Waals surface area contributed by atoms with Crippen molar-refractivity contribution in [1.29, 1.82) is 5.26 Å². The molecule has 118 valence electrons. The molecular formula is C17H17BrN4O. The van der Waals surface area contributed by atoms with Gasteiger partial charge in [-0.15, -0.1) is 0 Å². The summed E-state index contributed by atoms with van der Waals surface area (Å²) < 4.78 is 6.68. The van der Waals surface area contributed by atoms with Crippen molar-refractivity contribution in [3.63, 3.8) is 0 Å². The number of nitrogens with zero attached hydrogens (tertiary/aromatic N) is 4. The van der Waals surface area contributed by atoms with E-state index < -0.39 is 0 Å². The zero-order valence-electron chi connectivity index (χ0n) is 12.7. The van der Waals surface area contributed by atoms with Crippen molar-refractivity contribution in [2.45, 2.75) is 25.5 Å². The highest BCUT2D eigenvalue weighted by Gasteiger charge is 2.21. The number of piperidine rings is 1. The van der Waals surface area contributed by atoms with Crippen LogP contribution in [-0.2, 0) is 6.54 Å². The first-order chi connectivity index (χ1) is 11.2. The van der Waals surface area contributed by atoms with Crippen LogP contribution in [0.4, 0.5) is 0 Å². The Bertz CT molecular complexity index is 690. The Morgan fingerprint density at radius 2 is 2.00 bits per heavy atom. The fourth-order valence-corrected chi connectivity index (χ4v) is 2.90. The van der Waals surface area contributed by atoms with E-state index in [9.17, 15) is 0 Å². The first kappa shape index (κ1) is 15.9. The average Bonchev–Trinajstić information content (AvgIpc) is 2.59. The smallest absolute Gasteiger partial charge is 0.316 e. The molecule has 23 heavy (non-hydrogen) atoms. The van der Waals surface area contributed by atoms with Gasteiger partial charge in [-0.1, -0.05) is 12.1 Å². The molecule has 3 rings (SSSR count). The second kappa shape index (κ2) is 7.53. The van der Waals surface area contributed by atoms with Crippen LogP contribution in [0.5, 0.6) is 6.01 Å². The Labute approximate surface area is 144 Å². The number of ether oxygens (including phenoxy) is 1. The minimum absolute atomic E-state index is 0.165. The van der Waals surface area contributed by atoms with Crippen molar-refractivity contribution in [2.24, 2.45) is 0 Å². The highest BCUT2D eigenvalue weighted by molar-refractivity contribution is 9.10. The van der Waals surface area contributed by atoms with Crippen molar-refractivity contribution < 1.29 is 4.74 Å². The maximum absolute atomic E-state index is 8.96. The minimum atomic E-state index is 0.165. The first-order valence-corrected chi connectivity index (χ1v) is 8.38. The number of halogens is 1. The number of benzene rings is 1. The van der Waals surface area contributed by atoms with Gasteiger partial charge >= 0.3 is 6.01 Å². The Morgan fingerprint density at radius 1 is 1.26 bits per heavy atom. The first-order valence-electron chi connectivity index (χ1n) is 7.58. The molecule has 1 aromatic carbocycles. The lowest BCUT2D eigenvalue weighted by molar-refractivity contribution is 0.0892. The van der Waals surface area contributed by atoms with E-state index in [1.165, 1.54) is 5.56 Å². The fourth-order valence-electron chi connectivity index (χ4n) is 2.69. The molecule has 1 aliphatic heterocycles. The summed E-state index contributed by atoms with van der Waals surface area (Å²) >= 11 is 3.31. The molecule has 6 heteroatoms. The zero-order valence-corrected chi connectivity index (χ0v) is 14.2. The summed E-state index contributed by atoms with van der Waals surface area (Å²) in [5, 5.41) is 8.96. The van der Waals surface area contributed by atoms with Gasteiger partial charge in [-0.3, -0.25) is 4.90 Å². The molecule has 0 bridgehead atoms. The molecule has 0 radical (unpaired) electrons. The highest BCUT2D eigenvalue weighted by Crippen LogP contribution is 2.18. The second-order valence-electron chi connectivity index (χ2n) is 5.59. The predicted molar refractivity (Wildman–Crippen MR) is 89.8 cm³/mol. The standard InChI is InChI=1S/C17H17BrN4O/c18-15-10-20-17(21-11-15)23-16-4-6-22(7-5-16)12-14-3-1-2-13(8-14)9-19/h1-3,8,10-11,16H,4-7,12H2. The molecule has 1 aromatic heterocycles. The number of hydrogen-bond acceptors (Lipinski definition) is 5. The Balaban J connectivity index is 1.50. The third-order valence-corrected chi connectivity index (χ3v) is 4.28. The SMILES string of the molecule is N#Cc1cccc(CN2CCC(Oc3ncc(Br)cn3)CC2)c1. The van der Waals surface area contributed by atoms with Gasteiger partial charge in [-0.05, 0) is 46.5 Å². The molecule has 0 unspecified atom stereocenters. The lowest BCUT2D eigenvalue weighted by Crippen LogP contribution is -2.38. The normalized spacial score (nSPS) is 16.0. The molecular weight excluding hydrogens is 356 g/mol. The summed E-state index contributed by atoms with van der Waals surface area (Å²) in [6, 6.07) is 10.4. The van der Waals surface area contributed by atoms with E-state index in [2.05, 4.69) is 42.9 Å². The quantitative estimate of drug-likeness (QED) is 0.824. The van der Waals surface area contributed by atoms with Gasteiger partial charge in [0.15, 0.2) is 0 Å².